The van der Waals surface area contributed by atoms with Crippen molar-refractivity contribution < 1.29 is 0 Å². The molecule has 0 bridgehead atoms. The smallest absolute Gasteiger partial charge is 0.153 e. The summed E-state index contributed by atoms with van der Waals surface area (Å²) in [6.45, 7) is 9.66. The van der Waals surface area contributed by atoms with Crippen LogP contribution in [-0.4, -0.2) is 21.3 Å². The SMILES string of the molecule is CCCNC(C)c1ccc(-n2nc(CC)cc2CC)nc1. The second-order valence-corrected chi connectivity index (χ2v) is 5.37. The summed E-state index contributed by atoms with van der Waals surface area (Å²) in [5.74, 6) is 0.901. The first-order chi connectivity index (χ1) is 10.2. The van der Waals surface area contributed by atoms with Gasteiger partial charge in [-0.05, 0) is 50.4 Å². The van der Waals surface area contributed by atoms with E-state index in [1.54, 1.807) is 0 Å². The number of nitrogens with one attached hydrogen (secondary N) is 1. The molecule has 1 atom stereocenters. The summed E-state index contributed by atoms with van der Waals surface area (Å²) in [6.07, 6.45) is 5.01. The van der Waals surface area contributed by atoms with E-state index in [4.69, 9.17) is 0 Å². The van der Waals surface area contributed by atoms with E-state index in [2.05, 4.69) is 61.3 Å². The Morgan fingerprint density at radius 3 is 2.57 bits per heavy atom. The highest BCUT2D eigenvalue weighted by atomic mass is 15.3. The zero-order valence-corrected chi connectivity index (χ0v) is 13.6. The van der Waals surface area contributed by atoms with Crippen molar-refractivity contribution >= 4 is 0 Å². The van der Waals surface area contributed by atoms with Crippen LogP contribution >= 0.6 is 0 Å². The number of nitrogens with zero attached hydrogens (tertiary/aromatic N) is 3. The maximum atomic E-state index is 4.63. The lowest BCUT2D eigenvalue weighted by Gasteiger charge is -2.13. The summed E-state index contributed by atoms with van der Waals surface area (Å²) in [5.41, 5.74) is 3.55. The van der Waals surface area contributed by atoms with Gasteiger partial charge >= 0.3 is 0 Å². The maximum absolute atomic E-state index is 4.63. The van der Waals surface area contributed by atoms with Crippen LogP contribution in [0.5, 0.6) is 0 Å². The maximum Gasteiger partial charge on any atom is 0.153 e. The van der Waals surface area contributed by atoms with E-state index < -0.39 is 0 Å². The zero-order chi connectivity index (χ0) is 15.2. The van der Waals surface area contributed by atoms with Crippen molar-refractivity contribution in [3.8, 4) is 5.82 Å². The first kappa shape index (κ1) is 15.7. The minimum Gasteiger partial charge on any atom is -0.310 e. The first-order valence-corrected chi connectivity index (χ1v) is 7.97. The number of hydrogen-bond donors (Lipinski definition) is 1. The Morgan fingerprint density at radius 1 is 1.19 bits per heavy atom. The van der Waals surface area contributed by atoms with E-state index in [0.717, 1.165) is 37.3 Å². The van der Waals surface area contributed by atoms with Crippen LogP contribution in [-0.2, 0) is 12.8 Å². The van der Waals surface area contributed by atoms with Crippen LogP contribution in [0.1, 0.15) is 57.1 Å². The highest BCUT2D eigenvalue weighted by Gasteiger charge is 2.10. The molecule has 4 heteroatoms. The molecule has 0 radical (unpaired) electrons. The Labute approximate surface area is 127 Å². The number of rotatable bonds is 7. The normalized spacial score (nSPS) is 12.6. The summed E-state index contributed by atoms with van der Waals surface area (Å²) in [7, 11) is 0. The van der Waals surface area contributed by atoms with Gasteiger partial charge in [-0.1, -0.05) is 26.8 Å². The van der Waals surface area contributed by atoms with Gasteiger partial charge in [-0.15, -0.1) is 0 Å². The molecule has 2 rings (SSSR count). The second-order valence-electron chi connectivity index (χ2n) is 5.37. The van der Waals surface area contributed by atoms with Crippen LogP contribution in [0.4, 0.5) is 0 Å². The lowest BCUT2D eigenvalue weighted by molar-refractivity contribution is 0.568. The molecule has 0 aromatic carbocycles. The fraction of sp³-hybridized carbons (Fsp3) is 0.529. The van der Waals surface area contributed by atoms with Crippen molar-refractivity contribution in [1.29, 1.82) is 0 Å². The molecule has 2 heterocycles. The Morgan fingerprint density at radius 2 is 2.00 bits per heavy atom. The lowest BCUT2D eigenvalue weighted by atomic mass is 10.1. The van der Waals surface area contributed by atoms with E-state index >= 15 is 0 Å². The van der Waals surface area contributed by atoms with Crippen molar-refractivity contribution in [2.45, 2.75) is 53.0 Å². The molecular weight excluding hydrogens is 260 g/mol. The Bertz CT molecular complexity index is 557. The fourth-order valence-corrected chi connectivity index (χ4v) is 2.36. The molecule has 4 nitrogen and oxygen atoms in total. The van der Waals surface area contributed by atoms with E-state index in [9.17, 15) is 0 Å². The van der Waals surface area contributed by atoms with Gasteiger partial charge in [0.05, 0.1) is 5.69 Å². The van der Waals surface area contributed by atoms with Crippen LogP contribution in [0.25, 0.3) is 5.82 Å². The zero-order valence-electron chi connectivity index (χ0n) is 13.6. The number of aryl methyl sites for hydroxylation is 2. The molecule has 0 amide bonds. The minimum atomic E-state index is 0.334. The van der Waals surface area contributed by atoms with Gasteiger partial charge in [0.15, 0.2) is 5.82 Å². The Hall–Kier alpha value is -1.68. The average molecular weight is 286 g/mol. The van der Waals surface area contributed by atoms with Gasteiger partial charge in [0.1, 0.15) is 0 Å². The van der Waals surface area contributed by atoms with Crippen LogP contribution in [0.2, 0.25) is 0 Å². The molecule has 2 aromatic heterocycles. The third-order valence-electron chi connectivity index (χ3n) is 3.75. The summed E-state index contributed by atoms with van der Waals surface area (Å²) >= 11 is 0. The predicted molar refractivity (Wildman–Crippen MR) is 86.8 cm³/mol. The van der Waals surface area contributed by atoms with Gasteiger partial charge in [-0.3, -0.25) is 0 Å². The van der Waals surface area contributed by atoms with E-state index in [0.29, 0.717) is 6.04 Å². The van der Waals surface area contributed by atoms with Crippen LogP contribution in [0, 0.1) is 0 Å². The number of aromatic nitrogens is 3. The highest BCUT2D eigenvalue weighted by Crippen LogP contribution is 2.16. The monoisotopic (exact) mass is 286 g/mol. The van der Waals surface area contributed by atoms with Gasteiger partial charge in [0, 0.05) is 17.9 Å². The van der Waals surface area contributed by atoms with Gasteiger partial charge in [0.25, 0.3) is 0 Å². The van der Waals surface area contributed by atoms with Gasteiger partial charge in [-0.25, -0.2) is 9.67 Å². The summed E-state index contributed by atoms with van der Waals surface area (Å²) in [6, 6.07) is 6.70. The molecule has 2 aromatic rings. The molecule has 0 saturated heterocycles. The lowest BCUT2D eigenvalue weighted by Crippen LogP contribution is -2.19. The molecule has 0 fully saturated rings. The van der Waals surface area contributed by atoms with Crippen LogP contribution < -0.4 is 5.32 Å². The molecule has 21 heavy (non-hydrogen) atoms. The molecule has 0 spiro atoms. The molecule has 0 aliphatic heterocycles. The van der Waals surface area contributed by atoms with Crippen molar-refractivity contribution in [2.75, 3.05) is 6.54 Å². The number of pyridine rings is 1. The van der Waals surface area contributed by atoms with Gasteiger partial charge in [0.2, 0.25) is 0 Å². The first-order valence-electron chi connectivity index (χ1n) is 7.97. The second kappa shape index (κ2) is 7.36. The Balaban J connectivity index is 2.20. The van der Waals surface area contributed by atoms with Crippen molar-refractivity contribution in [2.24, 2.45) is 0 Å². The average Bonchev–Trinajstić information content (AvgIpc) is 2.96. The Kier molecular flexibility index (Phi) is 5.51. The molecule has 1 N–H and O–H groups in total. The largest absolute Gasteiger partial charge is 0.310 e. The fourth-order valence-electron chi connectivity index (χ4n) is 2.36. The molecular formula is C17H26N4. The summed E-state index contributed by atoms with van der Waals surface area (Å²) < 4.78 is 1.97. The molecule has 0 saturated carbocycles. The van der Waals surface area contributed by atoms with Gasteiger partial charge in [-0.2, -0.15) is 5.10 Å². The predicted octanol–water partition coefficient (Wildman–Crippen LogP) is 3.45. The van der Waals surface area contributed by atoms with E-state index in [1.807, 2.05) is 10.9 Å². The molecule has 0 aliphatic carbocycles. The van der Waals surface area contributed by atoms with Gasteiger partial charge < -0.3 is 5.32 Å². The van der Waals surface area contributed by atoms with Crippen LogP contribution in [0.3, 0.4) is 0 Å². The highest BCUT2D eigenvalue weighted by molar-refractivity contribution is 5.29. The summed E-state index contributed by atoms with van der Waals surface area (Å²) in [5, 5.41) is 8.11. The van der Waals surface area contributed by atoms with Crippen molar-refractivity contribution in [3.63, 3.8) is 0 Å². The standard InChI is InChI=1S/C17H26N4/c1-5-10-18-13(4)14-8-9-17(19-12-14)21-16(7-3)11-15(6-2)20-21/h8-9,11-13,18H,5-7,10H2,1-4H3. The molecule has 0 aliphatic rings. The topological polar surface area (TPSA) is 42.7 Å². The van der Waals surface area contributed by atoms with Crippen LogP contribution in [0.15, 0.2) is 24.4 Å². The van der Waals surface area contributed by atoms with E-state index in [-0.39, 0.29) is 0 Å². The van der Waals surface area contributed by atoms with E-state index in [1.165, 1.54) is 11.3 Å². The quantitative estimate of drug-likeness (QED) is 0.847. The van der Waals surface area contributed by atoms with Crippen molar-refractivity contribution in [3.05, 3.63) is 41.3 Å². The number of hydrogen-bond acceptors (Lipinski definition) is 3. The summed E-state index contributed by atoms with van der Waals surface area (Å²) in [4.78, 5) is 4.59. The molecule has 114 valence electrons. The van der Waals surface area contributed by atoms with Crippen molar-refractivity contribution in [1.82, 2.24) is 20.1 Å². The minimum absolute atomic E-state index is 0.334. The molecule has 1 unspecified atom stereocenters. The third kappa shape index (κ3) is 3.70. The third-order valence-corrected chi connectivity index (χ3v) is 3.75.